The Balaban J connectivity index is 2.10. The number of anilines is 1. The Morgan fingerprint density at radius 1 is 1.32 bits per heavy atom. The lowest BCUT2D eigenvalue weighted by atomic mass is 9.87. The van der Waals surface area contributed by atoms with Crippen LogP contribution in [-0.2, 0) is 19.7 Å². The minimum absolute atomic E-state index is 0.0982. The summed E-state index contributed by atoms with van der Waals surface area (Å²) in [5, 5.41) is 8.48. The summed E-state index contributed by atoms with van der Waals surface area (Å²) in [7, 11) is 0. The zero-order valence-electron chi connectivity index (χ0n) is 11.0. The molecule has 1 aliphatic heterocycles. The average Bonchev–Trinajstić information content (AvgIpc) is 2.62. The van der Waals surface area contributed by atoms with Crippen LogP contribution in [-0.4, -0.2) is 36.7 Å². The van der Waals surface area contributed by atoms with Gasteiger partial charge in [-0.2, -0.15) is 0 Å². The summed E-state index contributed by atoms with van der Waals surface area (Å²) in [6, 6.07) is 7.76. The molecule has 0 saturated carbocycles. The number of benzene rings is 1. The molecule has 2 rings (SSSR count). The second-order valence-corrected chi connectivity index (χ2v) is 5.27. The molecule has 0 spiro atoms. The number of amides is 1. The quantitative estimate of drug-likeness (QED) is 0.892. The van der Waals surface area contributed by atoms with E-state index in [0.717, 1.165) is 11.3 Å². The van der Waals surface area contributed by atoms with Crippen LogP contribution in [0, 0.1) is 0 Å². The first-order valence-corrected chi connectivity index (χ1v) is 6.11. The molecule has 102 valence electrons. The van der Waals surface area contributed by atoms with Gasteiger partial charge in [-0.15, -0.1) is 0 Å². The molecule has 1 heterocycles. The Morgan fingerprint density at radius 2 is 2.00 bits per heavy atom. The highest BCUT2D eigenvalue weighted by Gasteiger charge is 2.37. The highest BCUT2D eigenvalue weighted by Crippen LogP contribution is 2.40. The summed E-state index contributed by atoms with van der Waals surface area (Å²) in [5.41, 5.74) is 1.91. The van der Waals surface area contributed by atoms with Crippen molar-refractivity contribution < 1.29 is 19.4 Å². The third kappa shape index (κ3) is 2.76. The highest BCUT2D eigenvalue weighted by molar-refractivity contribution is 5.97. The van der Waals surface area contributed by atoms with Crippen molar-refractivity contribution in [3.8, 4) is 0 Å². The summed E-state index contributed by atoms with van der Waals surface area (Å²) >= 11 is 0. The summed E-state index contributed by atoms with van der Waals surface area (Å²) in [6.45, 7) is 4.08. The number of nitrogens with zero attached hydrogens (tertiary/aromatic N) is 1. The molecule has 0 aliphatic carbocycles. The second-order valence-electron chi connectivity index (χ2n) is 5.27. The molecule has 1 aliphatic rings. The lowest BCUT2D eigenvalue weighted by Crippen LogP contribution is -2.36. The molecule has 1 aromatic carbocycles. The lowest BCUT2D eigenvalue weighted by molar-refractivity contribution is -0.143. The molecule has 0 aromatic heterocycles. The van der Waals surface area contributed by atoms with E-state index in [1.54, 1.807) is 4.90 Å². The van der Waals surface area contributed by atoms with Gasteiger partial charge in [-0.25, -0.2) is 4.79 Å². The van der Waals surface area contributed by atoms with Gasteiger partial charge in [-0.05, 0) is 11.6 Å². The van der Waals surface area contributed by atoms with E-state index in [1.807, 2.05) is 24.3 Å². The standard InChI is InChI=1S/C14H17NO4/c1-14(2)9-15(11-6-4-3-5-10(11)14)12(16)7-19-8-13(17)18/h3-6H,7-9H2,1-2H3,(H,17,18). The van der Waals surface area contributed by atoms with E-state index in [4.69, 9.17) is 9.84 Å². The molecule has 1 amide bonds. The highest BCUT2D eigenvalue weighted by atomic mass is 16.5. The Hall–Kier alpha value is -1.88. The molecule has 0 unspecified atom stereocenters. The first kappa shape index (κ1) is 13.5. The number of fused-ring (bicyclic) bond motifs is 1. The van der Waals surface area contributed by atoms with Crippen molar-refractivity contribution in [3.63, 3.8) is 0 Å². The number of carbonyl (C=O) groups excluding carboxylic acids is 1. The molecule has 1 N–H and O–H groups in total. The normalized spacial score (nSPS) is 16.2. The molecular weight excluding hydrogens is 246 g/mol. The van der Waals surface area contributed by atoms with Crippen LogP contribution in [0.5, 0.6) is 0 Å². The van der Waals surface area contributed by atoms with Gasteiger partial charge >= 0.3 is 5.97 Å². The van der Waals surface area contributed by atoms with Gasteiger partial charge in [0.1, 0.15) is 13.2 Å². The van der Waals surface area contributed by atoms with Crippen LogP contribution in [0.25, 0.3) is 0 Å². The van der Waals surface area contributed by atoms with E-state index in [2.05, 4.69) is 13.8 Å². The molecule has 0 fully saturated rings. The van der Waals surface area contributed by atoms with Crippen molar-refractivity contribution >= 4 is 17.6 Å². The first-order valence-electron chi connectivity index (χ1n) is 6.11. The van der Waals surface area contributed by atoms with Gasteiger partial charge in [0.05, 0.1) is 0 Å². The van der Waals surface area contributed by atoms with Crippen molar-refractivity contribution in [1.29, 1.82) is 0 Å². The molecule has 5 nitrogen and oxygen atoms in total. The predicted octanol–water partition coefficient (Wildman–Crippen LogP) is 1.41. The molecule has 0 bridgehead atoms. The van der Waals surface area contributed by atoms with Gasteiger partial charge in [-0.1, -0.05) is 32.0 Å². The zero-order valence-corrected chi connectivity index (χ0v) is 11.0. The number of ether oxygens (including phenoxy) is 1. The summed E-state index contributed by atoms with van der Waals surface area (Å²) in [4.78, 5) is 24.1. The van der Waals surface area contributed by atoms with E-state index >= 15 is 0 Å². The molecular formula is C14H17NO4. The second kappa shape index (κ2) is 5.01. The summed E-state index contributed by atoms with van der Waals surface area (Å²) < 4.78 is 4.86. The number of carbonyl (C=O) groups is 2. The molecule has 0 atom stereocenters. The summed E-state index contributed by atoms with van der Waals surface area (Å²) in [6.07, 6.45) is 0. The lowest BCUT2D eigenvalue weighted by Gasteiger charge is -2.20. The number of hydrogen-bond acceptors (Lipinski definition) is 3. The number of hydrogen-bond donors (Lipinski definition) is 1. The maximum absolute atomic E-state index is 12.1. The number of carboxylic acid groups (broad SMARTS) is 1. The van der Waals surface area contributed by atoms with Gasteiger partial charge < -0.3 is 14.7 Å². The fourth-order valence-electron chi connectivity index (χ4n) is 2.37. The van der Waals surface area contributed by atoms with Crippen LogP contribution in [0.15, 0.2) is 24.3 Å². The number of aliphatic carboxylic acids is 1. The average molecular weight is 263 g/mol. The van der Waals surface area contributed by atoms with Crippen molar-refractivity contribution in [3.05, 3.63) is 29.8 Å². The number of para-hydroxylation sites is 1. The molecule has 5 heteroatoms. The Bertz CT molecular complexity index is 510. The fourth-order valence-corrected chi connectivity index (χ4v) is 2.37. The maximum atomic E-state index is 12.1. The topological polar surface area (TPSA) is 66.8 Å². The fraction of sp³-hybridized carbons (Fsp3) is 0.429. The van der Waals surface area contributed by atoms with Gasteiger partial charge in [0.25, 0.3) is 5.91 Å². The minimum atomic E-state index is -1.07. The van der Waals surface area contributed by atoms with Crippen LogP contribution in [0.1, 0.15) is 19.4 Å². The molecule has 1 aromatic rings. The minimum Gasteiger partial charge on any atom is -0.480 e. The zero-order chi connectivity index (χ0) is 14.0. The third-order valence-electron chi connectivity index (χ3n) is 3.23. The van der Waals surface area contributed by atoms with Crippen LogP contribution >= 0.6 is 0 Å². The summed E-state index contributed by atoms with van der Waals surface area (Å²) in [5.74, 6) is -1.28. The largest absolute Gasteiger partial charge is 0.480 e. The number of carboxylic acids is 1. The Morgan fingerprint density at radius 3 is 2.68 bits per heavy atom. The Labute approximate surface area is 111 Å². The van der Waals surface area contributed by atoms with Gasteiger partial charge in [-0.3, -0.25) is 4.79 Å². The molecule has 19 heavy (non-hydrogen) atoms. The van der Waals surface area contributed by atoms with Crippen LogP contribution in [0.2, 0.25) is 0 Å². The van der Waals surface area contributed by atoms with E-state index in [-0.39, 0.29) is 17.9 Å². The maximum Gasteiger partial charge on any atom is 0.329 e. The van der Waals surface area contributed by atoms with Crippen molar-refractivity contribution in [2.24, 2.45) is 0 Å². The third-order valence-corrected chi connectivity index (χ3v) is 3.23. The SMILES string of the molecule is CC1(C)CN(C(=O)COCC(=O)O)c2ccccc21. The van der Waals surface area contributed by atoms with E-state index in [9.17, 15) is 9.59 Å². The van der Waals surface area contributed by atoms with Crippen molar-refractivity contribution in [2.75, 3.05) is 24.7 Å². The van der Waals surface area contributed by atoms with Crippen LogP contribution in [0.3, 0.4) is 0 Å². The van der Waals surface area contributed by atoms with Crippen molar-refractivity contribution in [1.82, 2.24) is 0 Å². The van der Waals surface area contributed by atoms with Crippen LogP contribution < -0.4 is 4.90 Å². The molecule has 0 saturated heterocycles. The van der Waals surface area contributed by atoms with E-state index < -0.39 is 12.6 Å². The molecule has 0 radical (unpaired) electrons. The number of rotatable bonds is 4. The van der Waals surface area contributed by atoms with Gasteiger partial charge in [0, 0.05) is 17.6 Å². The smallest absolute Gasteiger partial charge is 0.329 e. The van der Waals surface area contributed by atoms with Crippen LogP contribution in [0.4, 0.5) is 5.69 Å². The van der Waals surface area contributed by atoms with E-state index in [0.29, 0.717) is 6.54 Å². The van der Waals surface area contributed by atoms with Gasteiger partial charge in [0.15, 0.2) is 0 Å². The first-order chi connectivity index (χ1) is 8.92. The Kier molecular flexibility index (Phi) is 3.57. The predicted molar refractivity (Wildman–Crippen MR) is 70.3 cm³/mol. The van der Waals surface area contributed by atoms with E-state index in [1.165, 1.54) is 0 Å². The van der Waals surface area contributed by atoms with Crippen molar-refractivity contribution in [2.45, 2.75) is 19.3 Å². The monoisotopic (exact) mass is 263 g/mol. The van der Waals surface area contributed by atoms with Gasteiger partial charge in [0.2, 0.25) is 0 Å².